The number of fused-ring (bicyclic) bond motifs is 5. The van der Waals surface area contributed by atoms with Gasteiger partial charge in [-0.05, 0) is 80.0 Å². The number of ketones is 1. The van der Waals surface area contributed by atoms with Crippen molar-refractivity contribution in [2.45, 2.75) is 84.7 Å². The molecule has 4 aliphatic rings. The van der Waals surface area contributed by atoms with Gasteiger partial charge in [0.05, 0.1) is 6.10 Å². The van der Waals surface area contributed by atoms with Gasteiger partial charge in [0.2, 0.25) is 0 Å². The molecule has 0 amide bonds. The third kappa shape index (κ3) is 1.68. The van der Waals surface area contributed by atoms with E-state index in [0.717, 1.165) is 43.9 Å². The van der Waals surface area contributed by atoms with Crippen molar-refractivity contribution in [3.8, 4) is 0 Å². The third-order valence-electron chi connectivity index (χ3n) is 9.19. The molecular weight excluding hydrogens is 272 g/mol. The van der Waals surface area contributed by atoms with Gasteiger partial charge in [-0.3, -0.25) is 4.79 Å². The van der Waals surface area contributed by atoms with E-state index in [2.05, 4.69) is 20.8 Å². The van der Waals surface area contributed by atoms with Gasteiger partial charge in [0, 0.05) is 11.8 Å². The summed E-state index contributed by atoms with van der Waals surface area (Å²) in [7, 11) is 0. The molecule has 0 spiro atoms. The number of carbonyl (C=O) groups is 1. The van der Waals surface area contributed by atoms with Crippen LogP contribution in [0, 0.1) is 34.0 Å². The number of aliphatic hydroxyl groups excluding tert-OH is 1. The first-order chi connectivity index (χ1) is 10.3. The maximum Gasteiger partial charge on any atom is 0.139 e. The molecule has 2 nitrogen and oxygen atoms in total. The number of Topliss-reactive ketones (excluding diaryl/α,β-unsaturated/α-hetero) is 1. The molecule has 22 heavy (non-hydrogen) atoms. The molecular formula is C20H32O2. The van der Waals surface area contributed by atoms with Crippen LogP contribution in [-0.4, -0.2) is 17.0 Å². The van der Waals surface area contributed by atoms with Crippen LogP contribution in [0.25, 0.3) is 0 Å². The van der Waals surface area contributed by atoms with E-state index in [1.807, 2.05) is 0 Å². The van der Waals surface area contributed by atoms with Gasteiger partial charge in [0.1, 0.15) is 5.78 Å². The second kappa shape index (κ2) is 4.59. The van der Waals surface area contributed by atoms with Crippen LogP contribution in [0.2, 0.25) is 0 Å². The Kier molecular flexibility index (Phi) is 3.16. The van der Waals surface area contributed by atoms with Gasteiger partial charge < -0.3 is 5.11 Å². The summed E-state index contributed by atoms with van der Waals surface area (Å²) < 4.78 is 0. The molecule has 0 heterocycles. The second-order valence-electron chi connectivity index (χ2n) is 9.63. The molecule has 4 fully saturated rings. The Morgan fingerprint density at radius 2 is 1.73 bits per heavy atom. The van der Waals surface area contributed by atoms with Crippen molar-refractivity contribution in [3.05, 3.63) is 0 Å². The van der Waals surface area contributed by atoms with Gasteiger partial charge in [-0.2, -0.15) is 0 Å². The average molecular weight is 304 g/mol. The lowest BCUT2D eigenvalue weighted by molar-refractivity contribution is -0.163. The van der Waals surface area contributed by atoms with E-state index in [1.165, 1.54) is 25.7 Å². The van der Waals surface area contributed by atoms with Gasteiger partial charge in [0.15, 0.2) is 0 Å². The zero-order chi connectivity index (χ0) is 15.8. The highest BCUT2D eigenvalue weighted by Gasteiger charge is 2.65. The zero-order valence-corrected chi connectivity index (χ0v) is 14.5. The monoisotopic (exact) mass is 304 g/mol. The molecule has 0 bridgehead atoms. The number of hydrogen-bond acceptors (Lipinski definition) is 2. The third-order valence-corrected chi connectivity index (χ3v) is 9.19. The molecule has 4 rings (SSSR count). The largest absolute Gasteiger partial charge is 0.393 e. The maximum atomic E-state index is 12.6. The van der Waals surface area contributed by atoms with Crippen LogP contribution in [0.15, 0.2) is 0 Å². The van der Waals surface area contributed by atoms with Crippen molar-refractivity contribution in [1.29, 1.82) is 0 Å². The molecule has 1 unspecified atom stereocenters. The van der Waals surface area contributed by atoms with E-state index in [0.29, 0.717) is 17.1 Å². The molecule has 1 N–H and O–H groups in total. The maximum absolute atomic E-state index is 12.6. The fraction of sp³-hybridized carbons (Fsp3) is 0.950. The Hall–Kier alpha value is -0.370. The summed E-state index contributed by atoms with van der Waals surface area (Å²) in [5, 5.41) is 10.1. The van der Waals surface area contributed by atoms with E-state index in [-0.39, 0.29) is 16.9 Å². The first kappa shape index (κ1) is 15.2. The van der Waals surface area contributed by atoms with Crippen LogP contribution in [-0.2, 0) is 4.79 Å². The molecule has 4 aliphatic carbocycles. The fourth-order valence-corrected chi connectivity index (χ4v) is 7.38. The number of rotatable bonds is 0. The molecule has 0 aromatic rings. The molecule has 4 saturated carbocycles. The Morgan fingerprint density at radius 1 is 0.955 bits per heavy atom. The minimum absolute atomic E-state index is 0.0501. The number of aliphatic hydroxyl groups is 1. The van der Waals surface area contributed by atoms with Crippen molar-refractivity contribution in [2.24, 2.45) is 34.0 Å². The number of carbonyl (C=O) groups excluding carboxylic acids is 1. The highest BCUT2D eigenvalue weighted by atomic mass is 16.3. The molecule has 0 aliphatic heterocycles. The molecule has 7 atom stereocenters. The topological polar surface area (TPSA) is 37.3 Å². The van der Waals surface area contributed by atoms with Crippen molar-refractivity contribution >= 4 is 5.78 Å². The van der Waals surface area contributed by atoms with Gasteiger partial charge in [-0.15, -0.1) is 0 Å². The molecule has 0 saturated heterocycles. The van der Waals surface area contributed by atoms with Crippen molar-refractivity contribution in [2.75, 3.05) is 0 Å². The first-order valence-corrected chi connectivity index (χ1v) is 9.53. The summed E-state index contributed by atoms with van der Waals surface area (Å²) >= 11 is 0. The quantitative estimate of drug-likeness (QED) is 0.722. The Bertz CT molecular complexity index is 500. The van der Waals surface area contributed by atoms with E-state index >= 15 is 0 Å². The van der Waals surface area contributed by atoms with Crippen LogP contribution < -0.4 is 0 Å². The minimum Gasteiger partial charge on any atom is -0.393 e. The fourth-order valence-electron chi connectivity index (χ4n) is 7.38. The zero-order valence-electron chi connectivity index (χ0n) is 14.5. The van der Waals surface area contributed by atoms with Crippen LogP contribution in [0.5, 0.6) is 0 Å². The van der Waals surface area contributed by atoms with E-state index in [9.17, 15) is 9.90 Å². The summed E-state index contributed by atoms with van der Waals surface area (Å²) in [6, 6.07) is 0. The highest BCUT2D eigenvalue weighted by molar-refractivity contribution is 5.88. The minimum atomic E-state index is -0.0628. The lowest BCUT2D eigenvalue weighted by Crippen LogP contribution is -2.57. The van der Waals surface area contributed by atoms with Crippen molar-refractivity contribution in [3.63, 3.8) is 0 Å². The van der Waals surface area contributed by atoms with Gasteiger partial charge in [-0.1, -0.05) is 20.8 Å². The Morgan fingerprint density at radius 3 is 2.50 bits per heavy atom. The average Bonchev–Trinajstić information content (AvgIpc) is 2.72. The van der Waals surface area contributed by atoms with E-state index in [4.69, 9.17) is 0 Å². The smallest absolute Gasteiger partial charge is 0.139 e. The molecule has 0 radical (unpaired) electrons. The molecule has 0 aromatic heterocycles. The molecule has 2 heteroatoms. The Balaban J connectivity index is 1.69. The summed E-state index contributed by atoms with van der Waals surface area (Å²) in [5.41, 5.74) is 0.598. The second-order valence-corrected chi connectivity index (χ2v) is 9.63. The van der Waals surface area contributed by atoms with Crippen LogP contribution in [0.4, 0.5) is 0 Å². The van der Waals surface area contributed by atoms with E-state index < -0.39 is 0 Å². The van der Waals surface area contributed by atoms with Crippen LogP contribution in [0.3, 0.4) is 0 Å². The first-order valence-electron chi connectivity index (χ1n) is 9.53. The van der Waals surface area contributed by atoms with Crippen molar-refractivity contribution < 1.29 is 9.90 Å². The SMILES string of the molecule is C[C@@]12CCC(=O)[C@@]1(C)CCC1[C@H]2CC[C@H]2C[C@@H](O)CC[C@]12C. The van der Waals surface area contributed by atoms with Crippen LogP contribution in [0.1, 0.15) is 78.6 Å². The summed E-state index contributed by atoms with van der Waals surface area (Å²) in [4.78, 5) is 12.6. The summed E-state index contributed by atoms with van der Waals surface area (Å²) in [5.74, 6) is 2.76. The normalized spacial score (nSPS) is 57.9. The van der Waals surface area contributed by atoms with Crippen molar-refractivity contribution in [1.82, 2.24) is 0 Å². The summed E-state index contributed by atoms with van der Waals surface area (Å²) in [6.07, 6.45) is 9.98. The van der Waals surface area contributed by atoms with Gasteiger partial charge in [-0.25, -0.2) is 0 Å². The predicted octanol–water partition coefficient (Wildman–Crippen LogP) is 4.35. The van der Waals surface area contributed by atoms with Gasteiger partial charge >= 0.3 is 0 Å². The lowest BCUT2D eigenvalue weighted by atomic mass is 9.41. The summed E-state index contributed by atoms with van der Waals surface area (Å²) in [6.45, 7) is 7.23. The molecule has 124 valence electrons. The standard InChI is InChI=1S/C20H32O2/c1-18-9-6-14(21)12-13(18)4-5-16-15(18)7-10-20(3)17(22)8-11-19(16,20)2/h13-16,21H,4-12H2,1-3H3/t13-,14-,15?,16+,18-,19-,20+/m0/s1. The lowest BCUT2D eigenvalue weighted by Gasteiger charge is -2.63. The number of hydrogen-bond donors (Lipinski definition) is 1. The van der Waals surface area contributed by atoms with Crippen LogP contribution >= 0.6 is 0 Å². The predicted molar refractivity (Wildman–Crippen MR) is 87.4 cm³/mol. The van der Waals surface area contributed by atoms with Gasteiger partial charge in [0.25, 0.3) is 0 Å². The molecule has 0 aromatic carbocycles. The van der Waals surface area contributed by atoms with E-state index in [1.54, 1.807) is 0 Å². The highest BCUT2D eigenvalue weighted by Crippen LogP contribution is 2.70. The Labute approximate surface area is 135 Å².